The number of nitrogens with zero attached hydrogens (tertiary/aromatic N) is 1. The second-order valence-corrected chi connectivity index (χ2v) is 4.98. The lowest BCUT2D eigenvalue weighted by Crippen LogP contribution is -2.38. The van der Waals surface area contributed by atoms with Crippen LogP contribution in [0.2, 0.25) is 5.02 Å². The van der Waals surface area contributed by atoms with Crippen molar-refractivity contribution in [2.45, 2.75) is 19.8 Å². The summed E-state index contributed by atoms with van der Waals surface area (Å²) in [6, 6.07) is 4.32. The Kier molecular flexibility index (Phi) is 3.67. The molecule has 1 fully saturated rings. The van der Waals surface area contributed by atoms with Gasteiger partial charge in [0.1, 0.15) is 5.82 Å². The first kappa shape index (κ1) is 12.4. The molecule has 0 radical (unpaired) electrons. The average molecular weight is 256 g/mol. The van der Waals surface area contributed by atoms with E-state index in [0.717, 1.165) is 12.8 Å². The fourth-order valence-electron chi connectivity index (χ4n) is 2.07. The van der Waals surface area contributed by atoms with Crippen LogP contribution in [0.4, 0.5) is 4.39 Å². The van der Waals surface area contributed by atoms with Gasteiger partial charge < -0.3 is 4.90 Å². The number of halogens is 2. The second kappa shape index (κ2) is 5.05. The first-order valence-corrected chi connectivity index (χ1v) is 6.20. The zero-order chi connectivity index (χ0) is 12.4. The Morgan fingerprint density at radius 2 is 2.06 bits per heavy atom. The van der Waals surface area contributed by atoms with Crippen LogP contribution in [0.25, 0.3) is 0 Å². The van der Waals surface area contributed by atoms with Gasteiger partial charge in [0, 0.05) is 13.1 Å². The number of hydrogen-bond donors (Lipinski definition) is 0. The maximum Gasteiger partial charge on any atom is 0.258 e. The molecule has 0 aromatic heterocycles. The molecule has 1 aliphatic heterocycles. The van der Waals surface area contributed by atoms with Crippen molar-refractivity contribution in [2.24, 2.45) is 5.92 Å². The van der Waals surface area contributed by atoms with E-state index in [9.17, 15) is 9.18 Å². The van der Waals surface area contributed by atoms with Gasteiger partial charge in [-0.15, -0.1) is 0 Å². The Hall–Kier alpha value is -1.09. The van der Waals surface area contributed by atoms with Crippen LogP contribution < -0.4 is 0 Å². The van der Waals surface area contributed by atoms with Crippen LogP contribution in [0.5, 0.6) is 0 Å². The van der Waals surface area contributed by atoms with E-state index in [1.807, 2.05) is 0 Å². The standard InChI is InChI=1S/C13H15ClFNO/c1-9-5-7-16(8-6-9)13(17)12-10(14)3-2-4-11(12)15/h2-4,9H,5-8H2,1H3. The van der Waals surface area contributed by atoms with E-state index >= 15 is 0 Å². The molecule has 0 saturated carbocycles. The molecule has 0 unspecified atom stereocenters. The van der Waals surface area contributed by atoms with Crippen molar-refractivity contribution in [3.05, 3.63) is 34.6 Å². The lowest BCUT2D eigenvalue weighted by atomic mass is 9.98. The summed E-state index contributed by atoms with van der Waals surface area (Å²) < 4.78 is 13.6. The first-order valence-electron chi connectivity index (χ1n) is 5.83. The van der Waals surface area contributed by atoms with E-state index in [0.29, 0.717) is 19.0 Å². The number of rotatable bonds is 1. The number of carbonyl (C=O) groups excluding carboxylic acids is 1. The van der Waals surface area contributed by atoms with E-state index in [2.05, 4.69) is 6.92 Å². The number of likely N-dealkylation sites (tertiary alicyclic amines) is 1. The van der Waals surface area contributed by atoms with Crippen LogP contribution in [-0.4, -0.2) is 23.9 Å². The van der Waals surface area contributed by atoms with Crippen molar-refractivity contribution in [3.63, 3.8) is 0 Å². The molecule has 0 aliphatic carbocycles. The molecule has 0 atom stereocenters. The normalized spacial score (nSPS) is 17.2. The fourth-order valence-corrected chi connectivity index (χ4v) is 2.32. The molecule has 92 valence electrons. The summed E-state index contributed by atoms with van der Waals surface area (Å²) in [7, 11) is 0. The van der Waals surface area contributed by atoms with Gasteiger partial charge in [0.25, 0.3) is 5.91 Å². The topological polar surface area (TPSA) is 20.3 Å². The van der Waals surface area contributed by atoms with Crippen LogP contribution in [0.1, 0.15) is 30.1 Å². The molecule has 0 N–H and O–H groups in total. The summed E-state index contributed by atoms with van der Waals surface area (Å²) >= 11 is 5.88. The Bertz CT molecular complexity index is 407. The maximum atomic E-state index is 13.6. The highest BCUT2D eigenvalue weighted by Gasteiger charge is 2.25. The summed E-state index contributed by atoms with van der Waals surface area (Å²) in [5, 5.41) is 0.189. The summed E-state index contributed by atoms with van der Waals surface area (Å²) in [5.41, 5.74) is 0.00344. The maximum absolute atomic E-state index is 13.6. The van der Waals surface area contributed by atoms with Gasteiger partial charge >= 0.3 is 0 Å². The number of hydrogen-bond acceptors (Lipinski definition) is 1. The van der Waals surface area contributed by atoms with Crippen molar-refractivity contribution in [2.75, 3.05) is 13.1 Å². The Morgan fingerprint density at radius 1 is 1.41 bits per heavy atom. The monoisotopic (exact) mass is 255 g/mol. The van der Waals surface area contributed by atoms with Crippen molar-refractivity contribution >= 4 is 17.5 Å². The molecule has 1 saturated heterocycles. The third-order valence-electron chi connectivity index (χ3n) is 3.25. The van der Waals surface area contributed by atoms with E-state index < -0.39 is 5.82 Å². The molecular weight excluding hydrogens is 241 g/mol. The molecular formula is C13H15ClFNO. The van der Waals surface area contributed by atoms with Crippen molar-refractivity contribution in [1.29, 1.82) is 0 Å². The molecule has 1 heterocycles. The van der Waals surface area contributed by atoms with Crippen LogP contribution in [0.15, 0.2) is 18.2 Å². The lowest BCUT2D eigenvalue weighted by molar-refractivity contribution is 0.0692. The SMILES string of the molecule is CC1CCN(C(=O)c2c(F)cccc2Cl)CC1. The average Bonchev–Trinajstić information content (AvgIpc) is 2.29. The minimum atomic E-state index is -0.541. The summed E-state index contributed by atoms with van der Waals surface area (Å²) in [5.74, 6) is -0.198. The first-order chi connectivity index (χ1) is 8.09. The largest absolute Gasteiger partial charge is 0.338 e. The van der Waals surface area contributed by atoms with Crippen LogP contribution in [0, 0.1) is 11.7 Å². The van der Waals surface area contributed by atoms with Crippen molar-refractivity contribution in [1.82, 2.24) is 4.90 Å². The smallest absolute Gasteiger partial charge is 0.258 e. The van der Waals surface area contributed by atoms with Crippen LogP contribution in [0.3, 0.4) is 0 Å². The van der Waals surface area contributed by atoms with Gasteiger partial charge in [0.2, 0.25) is 0 Å². The minimum Gasteiger partial charge on any atom is -0.338 e. The van der Waals surface area contributed by atoms with E-state index in [4.69, 9.17) is 11.6 Å². The van der Waals surface area contributed by atoms with Gasteiger partial charge in [0.15, 0.2) is 0 Å². The molecule has 1 aliphatic rings. The Labute approximate surface area is 105 Å². The number of carbonyl (C=O) groups is 1. The highest BCUT2D eigenvalue weighted by molar-refractivity contribution is 6.33. The van der Waals surface area contributed by atoms with E-state index in [1.54, 1.807) is 11.0 Å². The molecule has 0 bridgehead atoms. The second-order valence-electron chi connectivity index (χ2n) is 4.57. The highest BCUT2D eigenvalue weighted by Crippen LogP contribution is 2.23. The van der Waals surface area contributed by atoms with Crippen LogP contribution in [-0.2, 0) is 0 Å². The quantitative estimate of drug-likeness (QED) is 0.754. The number of amides is 1. The summed E-state index contributed by atoms with van der Waals surface area (Å²) in [6.45, 7) is 3.53. The summed E-state index contributed by atoms with van der Waals surface area (Å²) in [6.07, 6.45) is 1.94. The summed E-state index contributed by atoms with van der Waals surface area (Å²) in [4.78, 5) is 13.8. The van der Waals surface area contributed by atoms with Gasteiger partial charge in [-0.1, -0.05) is 24.6 Å². The molecule has 0 spiro atoms. The fraction of sp³-hybridized carbons (Fsp3) is 0.462. The van der Waals surface area contributed by atoms with Gasteiger partial charge in [-0.05, 0) is 30.9 Å². The third kappa shape index (κ3) is 2.60. The van der Waals surface area contributed by atoms with Crippen molar-refractivity contribution < 1.29 is 9.18 Å². The Morgan fingerprint density at radius 3 is 2.65 bits per heavy atom. The molecule has 1 amide bonds. The molecule has 17 heavy (non-hydrogen) atoms. The van der Waals surface area contributed by atoms with E-state index in [1.165, 1.54) is 12.1 Å². The Balaban J connectivity index is 2.20. The minimum absolute atomic E-state index is 0.00344. The highest BCUT2D eigenvalue weighted by atomic mass is 35.5. The number of piperidine rings is 1. The lowest BCUT2D eigenvalue weighted by Gasteiger charge is -2.30. The van der Waals surface area contributed by atoms with Crippen LogP contribution >= 0.6 is 11.6 Å². The number of benzene rings is 1. The van der Waals surface area contributed by atoms with Crippen molar-refractivity contribution in [3.8, 4) is 0 Å². The van der Waals surface area contributed by atoms with E-state index in [-0.39, 0.29) is 16.5 Å². The van der Waals surface area contributed by atoms with Gasteiger partial charge in [-0.3, -0.25) is 4.79 Å². The molecule has 2 nitrogen and oxygen atoms in total. The zero-order valence-corrected chi connectivity index (χ0v) is 10.5. The molecule has 4 heteroatoms. The zero-order valence-electron chi connectivity index (χ0n) is 9.75. The molecule has 2 rings (SSSR count). The van der Waals surface area contributed by atoms with Gasteiger partial charge in [-0.2, -0.15) is 0 Å². The third-order valence-corrected chi connectivity index (χ3v) is 3.56. The van der Waals surface area contributed by atoms with Gasteiger partial charge in [-0.25, -0.2) is 4.39 Å². The predicted octanol–water partition coefficient (Wildman–Crippen LogP) is 3.35. The molecule has 1 aromatic carbocycles. The predicted molar refractivity (Wildman–Crippen MR) is 65.7 cm³/mol. The molecule has 1 aromatic rings. The van der Waals surface area contributed by atoms with Gasteiger partial charge in [0.05, 0.1) is 10.6 Å².